The summed E-state index contributed by atoms with van der Waals surface area (Å²) in [5.74, 6) is 0.514. The van der Waals surface area contributed by atoms with Crippen molar-refractivity contribution in [2.45, 2.75) is 12.8 Å². The van der Waals surface area contributed by atoms with Crippen molar-refractivity contribution in [3.63, 3.8) is 0 Å². The molecule has 1 aliphatic carbocycles. The third kappa shape index (κ3) is 2.53. The molecular formula is C18H14FN5OS. The van der Waals surface area contributed by atoms with Gasteiger partial charge in [0.15, 0.2) is 18.0 Å². The SMILES string of the molecule is O=C(Nc1ccc2c(-c3ccc4nccn4c3)cn(SF)c2n1)C1CC1. The van der Waals surface area contributed by atoms with Crippen molar-refractivity contribution in [1.82, 2.24) is 18.3 Å². The van der Waals surface area contributed by atoms with Gasteiger partial charge < -0.3 is 9.72 Å². The number of aromatic nitrogens is 4. The van der Waals surface area contributed by atoms with Crippen LogP contribution < -0.4 is 5.32 Å². The molecule has 4 aromatic heterocycles. The highest BCUT2D eigenvalue weighted by atomic mass is 32.2. The van der Waals surface area contributed by atoms with Crippen LogP contribution in [0.5, 0.6) is 0 Å². The number of halogens is 1. The van der Waals surface area contributed by atoms with Crippen molar-refractivity contribution >= 4 is 40.7 Å². The number of pyridine rings is 2. The zero-order valence-corrected chi connectivity index (χ0v) is 14.4. The summed E-state index contributed by atoms with van der Waals surface area (Å²) in [4.78, 5) is 20.6. The van der Waals surface area contributed by atoms with E-state index in [2.05, 4.69) is 15.3 Å². The first kappa shape index (κ1) is 15.4. The highest BCUT2D eigenvalue weighted by molar-refractivity contribution is 7.92. The van der Waals surface area contributed by atoms with Crippen LogP contribution in [-0.4, -0.2) is 24.2 Å². The molecular weight excluding hydrogens is 353 g/mol. The molecule has 0 aromatic carbocycles. The van der Waals surface area contributed by atoms with Crippen LogP contribution in [-0.2, 0) is 4.79 Å². The van der Waals surface area contributed by atoms with Gasteiger partial charge in [-0.1, -0.05) is 0 Å². The number of nitrogens with zero attached hydrogens (tertiary/aromatic N) is 4. The molecule has 6 nitrogen and oxygen atoms in total. The predicted octanol–water partition coefficient (Wildman–Crippen LogP) is 4.08. The Balaban J connectivity index is 1.60. The largest absolute Gasteiger partial charge is 0.310 e. The van der Waals surface area contributed by atoms with Gasteiger partial charge in [0.05, 0.1) is 0 Å². The lowest BCUT2D eigenvalue weighted by Gasteiger charge is -2.05. The van der Waals surface area contributed by atoms with E-state index in [0.29, 0.717) is 11.5 Å². The van der Waals surface area contributed by atoms with E-state index in [4.69, 9.17) is 0 Å². The number of fused-ring (bicyclic) bond motifs is 2. The van der Waals surface area contributed by atoms with Crippen LogP contribution in [0.3, 0.4) is 0 Å². The minimum Gasteiger partial charge on any atom is -0.310 e. The molecule has 0 bridgehead atoms. The first-order valence-corrected chi connectivity index (χ1v) is 8.95. The van der Waals surface area contributed by atoms with Gasteiger partial charge in [0, 0.05) is 47.2 Å². The molecule has 0 radical (unpaired) electrons. The van der Waals surface area contributed by atoms with E-state index in [1.54, 1.807) is 18.5 Å². The number of anilines is 1. The summed E-state index contributed by atoms with van der Waals surface area (Å²) in [6, 6.07) is 7.49. The summed E-state index contributed by atoms with van der Waals surface area (Å²) in [5, 5.41) is 3.63. The van der Waals surface area contributed by atoms with E-state index in [-0.39, 0.29) is 24.2 Å². The molecule has 4 aromatic rings. The molecule has 8 heteroatoms. The number of hydrogen-bond donors (Lipinski definition) is 1. The van der Waals surface area contributed by atoms with Crippen LogP contribution in [0.4, 0.5) is 9.70 Å². The molecule has 0 spiro atoms. The first-order chi connectivity index (χ1) is 12.7. The fourth-order valence-corrected chi connectivity index (χ4v) is 3.43. The van der Waals surface area contributed by atoms with Gasteiger partial charge in [-0.15, -0.1) is 3.89 Å². The minimum atomic E-state index is -0.0198. The second kappa shape index (κ2) is 5.84. The molecule has 0 unspecified atom stereocenters. The molecule has 1 saturated carbocycles. The molecule has 130 valence electrons. The van der Waals surface area contributed by atoms with Crippen LogP contribution in [0, 0.1) is 5.92 Å². The average Bonchev–Trinajstić information content (AvgIpc) is 3.30. The summed E-state index contributed by atoms with van der Waals surface area (Å²) in [5.41, 5.74) is 3.13. The topological polar surface area (TPSA) is 64.2 Å². The molecule has 5 rings (SSSR count). The van der Waals surface area contributed by atoms with Crippen molar-refractivity contribution in [3.8, 4) is 11.1 Å². The molecule has 4 heterocycles. The Morgan fingerprint density at radius 2 is 2.12 bits per heavy atom. The van der Waals surface area contributed by atoms with E-state index in [0.717, 1.165) is 35.0 Å². The Morgan fingerprint density at radius 3 is 2.92 bits per heavy atom. The van der Waals surface area contributed by atoms with E-state index >= 15 is 0 Å². The van der Waals surface area contributed by atoms with Crippen LogP contribution in [0.25, 0.3) is 27.8 Å². The third-order valence-corrected chi connectivity index (χ3v) is 5.02. The highest BCUT2D eigenvalue weighted by Crippen LogP contribution is 2.34. The molecule has 1 fully saturated rings. The van der Waals surface area contributed by atoms with Gasteiger partial charge in [0.2, 0.25) is 5.91 Å². The Hall–Kier alpha value is -2.87. The smallest absolute Gasteiger partial charge is 0.228 e. The lowest BCUT2D eigenvalue weighted by molar-refractivity contribution is -0.117. The Labute approximate surface area is 152 Å². The zero-order chi connectivity index (χ0) is 17.7. The van der Waals surface area contributed by atoms with Gasteiger partial charge in [-0.05, 0) is 37.1 Å². The molecule has 1 aliphatic rings. The summed E-state index contributed by atoms with van der Waals surface area (Å²) in [7, 11) is 0. The monoisotopic (exact) mass is 367 g/mol. The molecule has 1 amide bonds. The van der Waals surface area contributed by atoms with E-state index in [9.17, 15) is 8.68 Å². The Kier molecular flexibility index (Phi) is 3.46. The summed E-state index contributed by atoms with van der Waals surface area (Å²) in [6.07, 6.45) is 9.11. The average molecular weight is 367 g/mol. The number of carbonyl (C=O) groups excluding carboxylic acids is 1. The van der Waals surface area contributed by atoms with Crippen molar-refractivity contribution in [3.05, 3.63) is 49.1 Å². The van der Waals surface area contributed by atoms with Crippen LogP contribution in [0.2, 0.25) is 0 Å². The highest BCUT2D eigenvalue weighted by Gasteiger charge is 2.29. The van der Waals surface area contributed by atoms with Gasteiger partial charge in [0.25, 0.3) is 0 Å². The number of hydrogen-bond acceptors (Lipinski definition) is 4. The Morgan fingerprint density at radius 1 is 1.23 bits per heavy atom. The van der Waals surface area contributed by atoms with Crippen molar-refractivity contribution in [2.24, 2.45) is 5.92 Å². The standard InChI is InChI=1S/C18H14FN5OS/c19-26-24-10-14(12-3-6-16-20-7-8-23(16)9-12)13-4-5-15(21-17(13)24)22-18(25)11-1-2-11/h3-11H,1-2H2,(H,21,22,25). The minimum absolute atomic E-state index is 0.0198. The van der Waals surface area contributed by atoms with Crippen LogP contribution in [0.15, 0.2) is 49.1 Å². The molecule has 0 saturated heterocycles. The van der Waals surface area contributed by atoms with Crippen molar-refractivity contribution in [1.29, 1.82) is 0 Å². The second-order valence-corrected chi connectivity index (χ2v) is 6.91. The number of nitrogens with one attached hydrogen (secondary N) is 1. The van der Waals surface area contributed by atoms with Gasteiger partial charge in [0.1, 0.15) is 11.5 Å². The second-order valence-electron chi connectivity index (χ2n) is 6.38. The summed E-state index contributed by atoms with van der Waals surface area (Å²) in [6.45, 7) is 0. The summed E-state index contributed by atoms with van der Waals surface area (Å²) < 4.78 is 16.7. The maximum absolute atomic E-state index is 13.5. The van der Waals surface area contributed by atoms with Gasteiger partial charge in [-0.25, -0.2) is 13.9 Å². The fourth-order valence-electron chi connectivity index (χ4n) is 3.08. The maximum atomic E-state index is 13.5. The van der Waals surface area contributed by atoms with Gasteiger partial charge in [-0.2, -0.15) is 0 Å². The quantitative estimate of drug-likeness (QED) is 0.590. The molecule has 0 atom stereocenters. The van der Waals surface area contributed by atoms with Crippen molar-refractivity contribution < 1.29 is 8.68 Å². The third-order valence-electron chi connectivity index (χ3n) is 4.59. The first-order valence-electron chi connectivity index (χ1n) is 8.28. The van der Waals surface area contributed by atoms with Crippen molar-refractivity contribution in [2.75, 3.05) is 5.32 Å². The lowest BCUT2D eigenvalue weighted by Crippen LogP contribution is -2.14. The molecule has 26 heavy (non-hydrogen) atoms. The molecule has 0 aliphatic heterocycles. The number of imidazole rings is 1. The van der Waals surface area contributed by atoms with E-state index < -0.39 is 0 Å². The number of amides is 1. The zero-order valence-electron chi connectivity index (χ0n) is 13.6. The summed E-state index contributed by atoms with van der Waals surface area (Å²) >= 11 is 0.0876. The van der Waals surface area contributed by atoms with Crippen LogP contribution >= 0.6 is 12.3 Å². The van der Waals surface area contributed by atoms with Crippen LogP contribution in [0.1, 0.15) is 12.8 Å². The van der Waals surface area contributed by atoms with Gasteiger partial charge >= 0.3 is 0 Å². The normalized spacial score (nSPS) is 14.2. The number of carbonyl (C=O) groups is 1. The molecule has 1 N–H and O–H groups in total. The predicted molar refractivity (Wildman–Crippen MR) is 99.4 cm³/mol. The van der Waals surface area contributed by atoms with E-state index in [1.807, 2.05) is 35.0 Å². The lowest BCUT2D eigenvalue weighted by atomic mass is 10.1. The number of rotatable bonds is 4. The van der Waals surface area contributed by atoms with E-state index in [1.165, 1.54) is 3.97 Å². The maximum Gasteiger partial charge on any atom is 0.228 e. The Bertz CT molecular complexity index is 1150. The fraction of sp³-hybridized carbons (Fsp3) is 0.167. The van der Waals surface area contributed by atoms with Gasteiger partial charge in [-0.3, -0.25) is 4.79 Å².